The monoisotopic (exact) mass is 380 g/mol. The molecule has 1 saturated carbocycles. The third-order valence-electron chi connectivity index (χ3n) is 5.24. The summed E-state index contributed by atoms with van der Waals surface area (Å²) in [4.78, 5) is 12.6. The zero-order chi connectivity index (χ0) is 18.0. The number of benzene rings is 1. The molecule has 1 aliphatic rings. The molecule has 142 valence electrons. The zero-order valence-electron chi connectivity index (χ0n) is 15.1. The van der Waals surface area contributed by atoms with E-state index in [1.54, 1.807) is 23.0 Å². The number of carbonyl (C=O) groups is 1. The van der Waals surface area contributed by atoms with Crippen molar-refractivity contribution in [3.8, 4) is 5.69 Å². The van der Waals surface area contributed by atoms with E-state index < -0.39 is 0 Å². The number of nitrogens with one attached hydrogen (secondary N) is 1. The maximum Gasteiger partial charge on any atom is 0.223 e. The molecular weight excluding hydrogens is 355 g/mol. The van der Waals surface area contributed by atoms with Crippen molar-refractivity contribution >= 4 is 18.3 Å². The van der Waals surface area contributed by atoms with Crippen molar-refractivity contribution in [1.82, 2.24) is 15.1 Å². The van der Waals surface area contributed by atoms with Crippen LogP contribution in [0.2, 0.25) is 0 Å². The second-order valence-corrected chi connectivity index (χ2v) is 6.84. The van der Waals surface area contributed by atoms with Crippen molar-refractivity contribution < 1.29 is 9.18 Å². The molecule has 0 spiro atoms. The number of hydrogen-bond donors (Lipinski definition) is 2. The highest BCUT2D eigenvalue weighted by Crippen LogP contribution is 2.31. The van der Waals surface area contributed by atoms with Crippen LogP contribution in [0, 0.1) is 24.6 Å². The van der Waals surface area contributed by atoms with E-state index in [0.29, 0.717) is 6.54 Å². The first-order valence-electron chi connectivity index (χ1n) is 8.82. The Bertz CT molecular complexity index is 746. The zero-order valence-corrected chi connectivity index (χ0v) is 15.9. The molecule has 1 unspecified atom stereocenters. The van der Waals surface area contributed by atoms with Crippen molar-refractivity contribution in [3.05, 3.63) is 47.5 Å². The maximum absolute atomic E-state index is 13.1. The molecule has 0 saturated heterocycles. The summed E-state index contributed by atoms with van der Waals surface area (Å²) in [6.45, 7) is 4.48. The van der Waals surface area contributed by atoms with Gasteiger partial charge in [-0.1, -0.05) is 6.42 Å². The van der Waals surface area contributed by atoms with Crippen molar-refractivity contribution in [2.75, 3.05) is 6.54 Å². The molecular formula is C19H26ClFN4O. The molecule has 1 aromatic heterocycles. The van der Waals surface area contributed by atoms with E-state index in [-0.39, 0.29) is 42.0 Å². The third kappa shape index (κ3) is 4.07. The number of halogens is 2. The molecule has 0 bridgehead atoms. The lowest BCUT2D eigenvalue weighted by atomic mass is 9.95. The van der Waals surface area contributed by atoms with E-state index in [1.165, 1.54) is 12.1 Å². The maximum atomic E-state index is 13.1. The van der Waals surface area contributed by atoms with Crippen LogP contribution < -0.4 is 11.1 Å². The van der Waals surface area contributed by atoms with Crippen LogP contribution in [-0.4, -0.2) is 22.2 Å². The molecule has 1 amide bonds. The summed E-state index contributed by atoms with van der Waals surface area (Å²) < 4.78 is 14.9. The van der Waals surface area contributed by atoms with Crippen LogP contribution in [0.3, 0.4) is 0 Å². The van der Waals surface area contributed by atoms with Crippen LogP contribution in [-0.2, 0) is 4.79 Å². The molecule has 1 fully saturated rings. The number of nitrogens with zero attached hydrogens (tertiary/aromatic N) is 2. The minimum Gasteiger partial charge on any atom is -0.349 e. The average Bonchev–Trinajstić information content (AvgIpc) is 3.22. The molecule has 3 rings (SSSR count). The van der Waals surface area contributed by atoms with Crippen LogP contribution >= 0.6 is 12.4 Å². The van der Waals surface area contributed by atoms with Gasteiger partial charge in [-0.2, -0.15) is 5.10 Å². The Hall–Kier alpha value is -1.92. The third-order valence-corrected chi connectivity index (χ3v) is 5.24. The summed E-state index contributed by atoms with van der Waals surface area (Å²) in [6.07, 6.45) is 4.77. The number of hydrogen-bond acceptors (Lipinski definition) is 3. The van der Waals surface area contributed by atoms with Crippen molar-refractivity contribution in [3.63, 3.8) is 0 Å². The van der Waals surface area contributed by atoms with Crippen LogP contribution in [0.25, 0.3) is 5.69 Å². The Morgan fingerprint density at radius 3 is 2.73 bits per heavy atom. The minimum atomic E-state index is -0.277. The number of aromatic nitrogens is 2. The van der Waals surface area contributed by atoms with Gasteiger partial charge in [-0.15, -0.1) is 12.4 Å². The van der Waals surface area contributed by atoms with Gasteiger partial charge in [0, 0.05) is 17.2 Å². The van der Waals surface area contributed by atoms with Gasteiger partial charge in [-0.25, -0.2) is 9.07 Å². The molecule has 0 aliphatic heterocycles. The summed E-state index contributed by atoms with van der Waals surface area (Å²) in [5.41, 5.74) is 8.47. The average molecular weight is 381 g/mol. The van der Waals surface area contributed by atoms with Crippen molar-refractivity contribution in [2.45, 2.75) is 39.2 Å². The highest BCUT2D eigenvalue weighted by atomic mass is 35.5. The predicted octanol–water partition coefficient (Wildman–Crippen LogP) is 3.29. The first-order chi connectivity index (χ1) is 12.0. The van der Waals surface area contributed by atoms with Crippen LogP contribution in [0.5, 0.6) is 0 Å². The molecule has 2 aromatic rings. The number of nitrogens with two attached hydrogens (primary N) is 1. The Kier molecular flexibility index (Phi) is 6.78. The lowest BCUT2D eigenvalue weighted by Crippen LogP contribution is -2.36. The second kappa shape index (κ2) is 8.64. The van der Waals surface area contributed by atoms with Gasteiger partial charge in [0.15, 0.2) is 0 Å². The van der Waals surface area contributed by atoms with Crippen molar-refractivity contribution in [2.24, 2.45) is 17.6 Å². The quantitative estimate of drug-likeness (QED) is 0.835. The van der Waals surface area contributed by atoms with E-state index >= 15 is 0 Å². The molecule has 5 nitrogen and oxygen atoms in total. The van der Waals surface area contributed by atoms with Gasteiger partial charge in [0.05, 0.1) is 17.9 Å². The molecule has 7 heteroatoms. The van der Waals surface area contributed by atoms with E-state index in [9.17, 15) is 9.18 Å². The smallest absolute Gasteiger partial charge is 0.223 e. The Morgan fingerprint density at radius 2 is 2.08 bits per heavy atom. The summed E-state index contributed by atoms with van der Waals surface area (Å²) in [5, 5.41) is 7.50. The van der Waals surface area contributed by atoms with Gasteiger partial charge in [0.2, 0.25) is 5.91 Å². The number of rotatable bonds is 5. The Labute approximate surface area is 159 Å². The first kappa shape index (κ1) is 20.4. The minimum absolute atomic E-state index is 0. The van der Waals surface area contributed by atoms with E-state index in [4.69, 9.17) is 5.73 Å². The molecule has 3 atom stereocenters. The van der Waals surface area contributed by atoms with E-state index in [2.05, 4.69) is 10.4 Å². The fourth-order valence-corrected chi connectivity index (χ4v) is 3.75. The highest BCUT2D eigenvalue weighted by molar-refractivity contribution is 5.85. The summed E-state index contributed by atoms with van der Waals surface area (Å²) in [7, 11) is 0. The molecule has 1 heterocycles. The number of amides is 1. The molecule has 1 aliphatic carbocycles. The summed E-state index contributed by atoms with van der Waals surface area (Å²) in [5.74, 6) is 0.102. The highest BCUT2D eigenvalue weighted by Gasteiger charge is 2.32. The van der Waals surface area contributed by atoms with Gasteiger partial charge < -0.3 is 11.1 Å². The van der Waals surface area contributed by atoms with Crippen LogP contribution in [0.4, 0.5) is 4.39 Å². The largest absolute Gasteiger partial charge is 0.349 e. The molecule has 1 aromatic carbocycles. The number of carbonyl (C=O) groups excluding carboxylic acids is 1. The first-order valence-corrected chi connectivity index (χ1v) is 8.82. The summed E-state index contributed by atoms with van der Waals surface area (Å²) >= 11 is 0. The van der Waals surface area contributed by atoms with Crippen molar-refractivity contribution in [1.29, 1.82) is 0 Å². The topological polar surface area (TPSA) is 72.9 Å². The normalized spacial score (nSPS) is 20.5. The van der Waals surface area contributed by atoms with Gasteiger partial charge in [-0.3, -0.25) is 4.79 Å². The molecule has 0 radical (unpaired) electrons. The van der Waals surface area contributed by atoms with Gasteiger partial charge in [0.1, 0.15) is 5.82 Å². The van der Waals surface area contributed by atoms with Crippen LogP contribution in [0.1, 0.15) is 43.5 Å². The van der Waals surface area contributed by atoms with Gasteiger partial charge in [0.25, 0.3) is 0 Å². The molecule has 3 N–H and O–H groups in total. The van der Waals surface area contributed by atoms with Gasteiger partial charge in [-0.05, 0) is 63.4 Å². The lowest BCUT2D eigenvalue weighted by molar-refractivity contribution is -0.126. The molecule has 26 heavy (non-hydrogen) atoms. The Morgan fingerprint density at radius 1 is 1.38 bits per heavy atom. The lowest BCUT2D eigenvalue weighted by Gasteiger charge is -2.21. The SMILES string of the molecule is Cc1c(C(C)NC(=O)[C@@H]2CCC[C@@H]2CN)cnn1-c1ccc(F)cc1.Cl. The second-order valence-electron chi connectivity index (χ2n) is 6.84. The standard InChI is InChI=1S/C19H25FN4O.ClH/c1-12(23-19(25)17-5-3-4-14(17)10-21)18-11-22-24(13(18)2)16-8-6-15(20)7-9-16;/h6-9,11-12,14,17H,3-5,10,21H2,1-2H3,(H,23,25);1H/t12?,14-,17-;/m1./s1. The van der Waals surface area contributed by atoms with Crippen LogP contribution in [0.15, 0.2) is 30.5 Å². The fourth-order valence-electron chi connectivity index (χ4n) is 3.75. The van der Waals surface area contributed by atoms with E-state index in [1.807, 2.05) is 13.8 Å². The fraction of sp³-hybridized carbons (Fsp3) is 0.474. The predicted molar refractivity (Wildman–Crippen MR) is 102 cm³/mol. The summed E-state index contributed by atoms with van der Waals surface area (Å²) in [6, 6.07) is 6.06. The Balaban J connectivity index is 0.00000243. The van der Waals surface area contributed by atoms with Gasteiger partial charge >= 0.3 is 0 Å². The van der Waals surface area contributed by atoms with E-state index in [0.717, 1.165) is 36.2 Å².